The van der Waals surface area contributed by atoms with Crippen molar-refractivity contribution in [1.29, 1.82) is 0 Å². The Balaban J connectivity index is 0.00000120. The molecular formula is C16H20FRu. The molecule has 0 bridgehead atoms. The number of hydrogen-bond donors (Lipinski definition) is 0. The molecular weight excluding hydrogens is 312 g/mol. The number of hydrogen-bond acceptors (Lipinski definition) is 0. The van der Waals surface area contributed by atoms with Crippen LogP contribution in [0.3, 0.4) is 0 Å². The third kappa shape index (κ3) is 3.02. The number of benzene rings is 1. The van der Waals surface area contributed by atoms with Gasteiger partial charge in [0.15, 0.2) is 0 Å². The minimum atomic E-state index is -0.0746. The summed E-state index contributed by atoms with van der Waals surface area (Å²) in [4.78, 5) is 0. The third-order valence-corrected chi connectivity index (χ3v) is 4.58. The van der Waals surface area contributed by atoms with Crippen molar-refractivity contribution in [3.63, 3.8) is 0 Å². The van der Waals surface area contributed by atoms with Gasteiger partial charge >= 0.3 is 19.5 Å². The van der Waals surface area contributed by atoms with E-state index < -0.39 is 0 Å². The molecule has 1 radical (unpaired) electrons. The zero-order valence-corrected chi connectivity index (χ0v) is 12.4. The molecule has 0 saturated heterocycles. The van der Waals surface area contributed by atoms with Gasteiger partial charge in [-0.3, -0.25) is 0 Å². The van der Waals surface area contributed by atoms with Gasteiger partial charge in [0.2, 0.25) is 0 Å². The van der Waals surface area contributed by atoms with Crippen LogP contribution in [0.1, 0.15) is 43.2 Å². The molecule has 99 valence electrons. The Morgan fingerprint density at radius 2 is 1.78 bits per heavy atom. The molecule has 2 aliphatic rings. The van der Waals surface area contributed by atoms with Gasteiger partial charge in [0.1, 0.15) is 5.82 Å². The normalized spacial score (nSPS) is 24.2. The first-order valence-corrected chi connectivity index (χ1v) is 6.92. The van der Waals surface area contributed by atoms with Crippen LogP contribution >= 0.6 is 0 Å². The average molecular weight is 332 g/mol. The molecule has 1 fully saturated rings. The van der Waals surface area contributed by atoms with E-state index in [1.165, 1.54) is 49.7 Å². The van der Waals surface area contributed by atoms with Gasteiger partial charge in [-0.25, -0.2) is 4.39 Å². The molecule has 0 aromatic heterocycles. The maximum Gasteiger partial charge on any atom is 1.00 e. The summed E-state index contributed by atoms with van der Waals surface area (Å²) in [6.07, 6.45) is 11.3. The van der Waals surface area contributed by atoms with Crippen molar-refractivity contribution in [3.05, 3.63) is 41.6 Å². The van der Waals surface area contributed by atoms with Gasteiger partial charge in [0.05, 0.1) is 0 Å². The maximum absolute atomic E-state index is 13.1. The molecule has 0 amide bonds. The van der Waals surface area contributed by atoms with E-state index in [2.05, 4.69) is 6.42 Å². The Morgan fingerprint density at radius 1 is 1.00 bits per heavy atom. The summed E-state index contributed by atoms with van der Waals surface area (Å²) in [6, 6.07) is 5.36. The van der Waals surface area contributed by atoms with E-state index in [4.69, 9.17) is 0 Å². The number of fused-ring (bicyclic) bond motifs is 1. The quantitative estimate of drug-likeness (QED) is 0.531. The van der Waals surface area contributed by atoms with E-state index in [-0.39, 0.29) is 25.3 Å². The van der Waals surface area contributed by atoms with Gasteiger partial charge in [0.25, 0.3) is 0 Å². The Morgan fingerprint density at radius 3 is 2.56 bits per heavy atom. The number of rotatable bonds is 1. The summed E-state index contributed by atoms with van der Waals surface area (Å²) in [5, 5.41) is 0. The fourth-order valence-electron chi connectivity index (χ4n) is 3.58. The first kappa shape index (κ1) is 14.2. The summed E-state index contributed by atoms with van der Waals surface area (Å²) in [5.41, 5.74) is 2.65. The van der Waals surface area contributed by atoms with Gasteiger partial charge in [-0.2, -0.15) is 12.8 Å². The molecule has 3 rings (SSSR count). The first-order valence-electron chi connectivity index (χ1n) is 6.92. The minimum absolute atomic E-state index is 0. The van der Waals surface area contributed by atoms with Gasteiger partial charge in [-0.15, -0.1) is 0 Å². The van der Waals surface area contributed by atoms with Crippen molar-refractivity contribution in [1.82, 2.24) is 0 Å². The van der Waals surface area contributed by atoms with Crippen LogP contribution in [-0.4, -0.2) is 0 Å². The molecule has 1 atom stereocenters. The predicted octanol–water partition coefficient (Wildman–Crippen LogP) is 4.32. The molecule has 0 aliphatic heterocycles. The molecule has 1 unspecified atom stereocenters. The summed E-state index contributed by atoms with van der Waals surface area (Å²) in [6.45, 7) is 0. The Bertz CT molecular complexity index is 396. The standard InChI is InChI=1S/C16H20F.Ru/c17-16-9-8-14-10-13(6-7-15(14)11-16)12-4-2-1-3-5-12;/h1,8-9,11-13H,2-7,10H2;/q-1;+1. The largest absolute Gasteiger partial charge is 1.00 e. The fourth-order valence-corrected chi connectivity index (χ4v) is 3.58. The molecule has 0 N–H and O–H groups in total. The topological polar surface area (TPSA) is 0 Å². The van der Waals surface area contributed by atoms with Crippen molar-refractivity contribution in [2.75, 3.05) is 0 Å². The smallest absolute Gasteiger partial charge is 0.328 e. The van der Waals surface area contributed by atoms with E-state index in [9.17, 15) is 4.39 Å². The molecule has 1 aromatic carbocycles. The summed E-state index contributed by atoms with van der Waals surface area (Å²) >= 11 is 0. The molecule has 0 nitrogen and oxygen atoms in total. The molecule has 1 saturated carbocycles. The molecule has 1 aromatic rings. The van der Waals surface area contributed by atoms with Crippen molar-refractivity contribution < 1.29 is 23.9 Å². The summed E-state index contributed by atoms with van der Waals surface area (Å²) < 4.78 is 13.1. The van der Waals surface area contributed by atoms with Gasteiger partial charge in [-0.1, -0.05) is 18.9 Å². The van der Waals surface area contributed by atoms with E-state index in [0.29, 0.717) is 0 Å². The first-order chi connectivity index (χ1) is 8.33. The van der Waals surface area contributed by atoms with Crippen molar-refractivity contribution in [2.45, 2.75) is 44.9 Å². The zero-order chi connectivity index (χ0) is 11.7. The van der Waals surface area contributed by atoms with Gasteiger partial charge in [0, 0.05) is 0 Å². The molecule has 0 spiro atoms. The second-order valence-electron chi connectivity index (χ2n) is 5.62. The second-order valence-corrected chi connectivity index (χ2v) is 5.62. The van der Waals surface area contributed by atoms with Crippen LogP contribution in [0.4, 0.5) is 4.39 Å². The number of halogens is 1. The van der Waals surface area contributed by atoms with E-state index in [1.54, 1.807) is 12.1 Å². The summed E-state index contributed by atoms with van der Waals surface area (Å²) in [7, 11) is 0. The van der Waals surface area contributed by atoms with Crippen LogP contribution < -0.4 is 0 Å². The summed E-state index contributed by atoms with van der Waals surface area (Å²) in [5.74, 6) is 1.69. The SMILES string of the molecule is Fc1ccc2c(c1)CCC(C1CC[CH-]CC1)C2.[Ru+]. The average Bonchev–Trinajstić information content (AvgIpc) is 2.39. The third-order valence-electron chi connectivity index (χ3n) is 4.58. The molecule has 2 heteroatoms. The van der Waals surface area contributed by atoms with Gasteiger partial charge in [-0.05, 0) is 54.4 Å². The maximum atomic E-state index is 13.1. The van der Waals surface area contributed by atoms with Crippen LogP contribution in [0.2, 0.25) is 0 Å². The van der Waals surface area contributed by atoms with E-state index in [0.717, 1.165) is 18.3 Å². The van der Waals surface area contributed by atoms with Gasteiger partial charge < -0.3 is 6.42 Å². The van der Waals surface area contributed by atoms with Crippen molar-refractivity contribution >= 4 is 0 Å². The molecule has 2 aliphatic carbocycles. The Labute approximate surface area is 122 Å². The van der Waals surface area contributed by atoms with Crippen LogP contribution in [0.15, 0.2) is 18.2 Å². The molecule has 0 heterocycles. The Hall–Kier alpha value is -0.227. The van der Waals surface area contributed by atoms with Crippen molar-refractivity contribution in [3.8, 4) is 0 Å². The van der Waals surface area contributed by atoms with Crippen LogP contribution in [-0.2, 0) is 32.3 Å². The monoisotopic (exact) mass is 333 g/mol. The van der Waals surface area contributed by atoms with Crippen molar-refractivity contribution in [2.24, 2.45) is 11.8 Å². The fraction of sp³-hybridized carbons (Fsp3) is 0.562. The van der Waals surface area contributed by atoms with Crippen LogP contribution in [0.25, 0.3) is 0 Å². The van der Waals surface area contributed by atoms with Crippen LogP contribution in [0.5, 0.6) is 0 Å². The van der Waals surface area contributed by atoms with Crippen LogP contribution in [0, 0.1) is 24.1 Å². The van der Waals surface area contributed by atoms with E-state index >= 15 is 0 Å². The Kier molecular flexibility index (Phi) is 4.95. The zero-order valence-electron chi connectivity index (χ0n) is 10.6. The molecule has 18 heavy (non-hydrogen) atoms. The number of aryl methyl sites for hydroxylation is 1. The predicted molar refractivity (Wildman–Crippen MR) is 68.2 cm³/mol. The second kappa shape index (κ2) is 6.28. The van der Waals surface area contributed by atoms with E-state index in [1.807, 2.05) is 6.07 Å². The minimum Gasteiger partial charge on any atom is -0.328 e.